The fourth-order valence-corrected chi connectivity index (χ4v) is 5.60. The number of amides is 1. The lowest BCUT2D eigenvalue weighted by Gasteiger charge is -2.27. The van der Waals surface area contributed by atoms with E-state index in [1.54, 1.807) is 0 Å². The lowest BCUT2D eigenvalue weighted by Crippen LogP contribution is -2.34. The molecule has 1 aromatic heterocycles. The molecule has 1 fully saturated rings. The number of imidazole rings is 1. The van der Waals surface area contributed by atoms with Crippen LogP contribution in [0.1, 0.15) is 36.8 Å². The van der Waals surface area contributed by atoms with Crippen LogP contribution in [0.25, 0.3) is 11.0 Å². The summed E-state index contributed by atoms with van der Waals surface area (Å²) < 4.78 is 27.7. The van der Waals surface area contributed by atoms with E-state index in [2.05, 4.69) is 20.0 Å². The summed E-state index contributed by atoms with van der Waals surface area (Å²) in [5, 5.41) is 14.0. The highest BCUT2D eigenvalue weighted by Gasteiger charge is 2.29. The maximum atomic E-state index is 12.7. The molecule has 1 aliphatic carbocycles. The summed E-state index contributed by atoms with van der Waals surface area (Å²) in [5.41, 5.74) is 3.49. The monoisotopic (exact) mass is 485 g/mol. The summed E-state index contributed by atoms with van der Waals surface area (Å²) in [7, 11) is -4.01. The van der Waals surface area contributed by atoms with Crippen LogP contribution in [-0.2, 0) is 14.8 Å². The van der Waals surface area contributed by atoms with Crippen LogP contribution in [0.2, 0.25) is 0 Å². The Morgan fingerprint density at radius 1 is 1.15 bits per heavy atom. The van der Waals surface area contributed by atoms with E-state index in [1.165, 1.54) is 24.3 Å². The number of fused-ring (bicyclic) bond motifs is 1. The first kappa shape index (κ1) is 23.8. The third kappa shape index (κ3) is 5.10. The molecule has 3 N–H and O–H groups in total. The summed E-state index contributed by atoms with van der Waals surface area (Å²) in [6, 6.07) is 9.26. The number of nitro benzene ring substituents is 1. The van der Waals surface area contributed by atoms with Gasteiger partial charge in [0.25, 0.3) is 5.69 Å². The van der Waals surface area contributed by atoms with E-state index in [0.717, 1.165) is 22.2 Å². The van der Waals surface area contributed by atoms with Crippen molar-refractivity contribution in [2.75, 3.05) is 11.9 Å². The summed E-state index contributed by atoms with van der Waals surface area (Å²) in [4.78, 5) is 30.4. The number of H-pyrrole nitrogens is 1. The number of aryl methyl sites for hydroxylation is 2. The fourth-order valence-electron chi connectivity index (χ4n) is 4.32. The molecule has 0 bridgehead atoms. The second-order valence-corrected chi connectivity index (χ2v) is 10.6. The van der Waals surface area contributed by atoms with Gasteiger partial charge >= 0.3 is 0 Å². The van der Waals surface area contributed by atoms with E-state index in [4.69, 9.17) is 0 Å². The lowest BCUT2D eigenvalue weighted by atomic mass is 9.81. The minimum Gasteiger partial charge on any atom is -0.324 e. The Balaban J connectivity index is 1.31. The van der Waals surface area contributed by atoms with E-state index in [9.17, 15) is 23.3 Å². The topological polar surface area (TPSA) is 147 Å². The highest BCUT2D eigenvalue weighted by atomic mass is 32.2. The van der Waals surface area contributed by atoms with Crippen LogP contribution in [0.4, 0.5) is 11.6 Å². The molecule has 11 heteroatoms. The van der Waals surface area contributed by atoms with Crippen molar-refractivity contribution in [3.05, 3.63) is 57.6 Å². The standard InChI is InChI=1S/C23H27N5O5S/c1-14-11-18-19(12-15(14)2)26-23(25-18)27-22(29)17-9-7-16(8-10-17)13-24-34(32,33)21-6-4-3-5-20(21)28(30)31/h3-6,11-12,16-17,24H,7-10,13H2,1-2H3,(H2,25,26,27,29). The second-order valence-electron chi connectivity index (χ2n) is 8.82. The molecule has 1 aliphatic rings. The molecule has 1 heterocycles. The largest absolute Gasteiger partial charge is 0.324 e. The van der Waals surface area contributed by atoms with Crippen molar-refractivity contribution >= 4 is 38.6 Å². The zero-order valence-electron chi connectivity index (χ0n) is 19.0. The Morgan fingerprint density at radius 3 is 2.53 bits per heavy atom. The van der Waals surface area contributed by atoms with Crippen LogP contribution in [0.5, 0.6) is 0 Å². The van der Waals surface area contributed by atoms with Gasteiger partial charge in [0.05, 0.1) is 16.0 Å². The number of carbonyl (C=O) groups excluding carboxylic acids is 1. The van der Waals surface area contributed by atoms with Crippen LogP contribution in [0, 0.1) is 35.8 Å². The summed E-state index contributed by atoms with van der Waals surface area (Å²) in [6.07, 6.45) is 2.61. The van der Waals surface area contributed by atoms with E-state index >= 15 is 0 Å². The zero-order chi connectivity index (χ0) is 24.5. The minimum atomic E-state index is -4.01. The zero-order valence-corrected chi connectivity index (χ0v) is 19.8. The van der Waals surface area contributed by atoms with Crippen LogP contribution >= 0.6 is 0 Å². The SMILES string of the molecule is Cc1cc2nc(NC(=O)C3CCC(CNS(=O)(=O)c4ccccc4[N+](=O)[O-])CC3)[nH]c2cc1C. The summed E-state index contributed by atoms with van der Waals surface area (Å²) in [6.45, 7) is 4.21. The number of aromatic nitrogens is 2. The average molecular weight is 486 g/mol. The molecule has 2 aromatic carbocycles. The van der Waals surface area contributed by atoms with Gasteiger partial charge in [-0.25, -0.2) is 18.1 Å². The van der Waals surface area contributed by atoms with Crippen molar-refractivity contribution in [3.63, 3.8) is 0 Å². The number of benzene rings is 2. The van der Waals surface area contributed by atoms with Gasteiger partial charge in [-0.05, 0) is 74.8 Å². The molecule has 0 saturated heterocycles. The molecule has 0 unspecified atom stereocenters. The normalized spacial score (nSPS) is 18.6. The molecular weight excluding hydrogens is 458 g/mol. The Morgan fingerprint density at radius 2 is 1.82 bits per heavy atom. The molecular formula is C23H27N5O5S. The predicted octanol–water partition coefficient (Wildman–Crippen LogP) is 3.81. The van der Waals surface area contributed by atoms with Crippen molar-refractivity contribution in [3.8, 4) is 0 Å². The van der Waals surface area contributed by atoms with Gasteiger partial charge in [0.15, 0.2) is 4.90 Å². The van der Waals surface area contributed by atoms with Crippen LogP contribution in [0.3, 0.4) is 0 Å². The quantitative estimate of drug-likeness (QED) is 0.342. The van der Waals surface area contributed by atoms with Crippen molar-refractivity contribution in [2.24, 2.45) is 11.8 Å². The molecule has 1 saturated carbocycles. The third-order valence-corrected chi connectivity index (χ3v) is 7.94. The van der Waals surface area contributed by atoms with Gasteiger partial charge in [-0.15, -0.1) is 0 Å². The Labute approximate surface area is 197 Å². The number of rotatable bonds is 7. The fraction of sp³-hybridized carbons (Fsp3) is 0.391. The smallest absolute Gasteiger partial charge is 0.289 e. The number of nitrogens with one attached hydrogen (secondary N) is 3. The molecule has 0 radical (unpaired) electrons. The number of nitro groups is 1. The molecule has 180 valence electrons. The van der Waals surface area contributed by atoms with Crippen molar-refractivity contribution in [1.29, 1.82) is 0 Å². The third-order valence-electron chi connectivity index (χ3n) is 6.47. The van der Waals surface area contributed by atoms with Gasteiger partial charge in [0.2, 0.25) is 21.9 Å². The van der Waals surface area contributed by atoms with Gasteiger partial charge < -0.3 is 4.98 Å². The molecule has 0 spiro atoms. The predicted molar refractivity (Wildman–Crippen MR) is 128 cm³/mol. The van der Waals surface area contributed by atoms with Crippen molar-refractivity contribution < 1.29 is 18.1 Å². The minimum absolute atomic E-state index is 0.0544. The molecule has 1 amide bonds. The molecule has 34 heavy (non-hydrogen) atoms. The van der Waals surface area contributed by atoms with Crippen LogP contribution in [-0.4, -0.2) is 35.8 Å². The van der Waals surface area contributed by atoms with Gasteiger partial charge in [0.1, 0.15) is 0 Å². The maximum absolute atomic E-state index is 12.7. The molecule has 4 rings (SSSR count). The van der Waals surface area contributed by atoms with Gasteiger partial charge in [-0.2, -0.15) is 0 Å². The highest BCUT2D eigenvalue weighted by molar-refractivity contribution is 7.89. The van der Waals surface area contributed by atoms with Gasteiger partial charge in [0, 0.05) is 18.5 Å². The first-order valence-electron chi connectivity index (χ1n) is 11.1. The first-order valence-corrected chi connectivity index (χ1v) is 12.6. The Bertz CT molecular complexity index is 1300. The summed E-state index contributed by atoms with van der Waals surface area (Å²) in [5.74, 6) is 0.189. The first-order chi connectivity index (χ1) is 16.1. The summed E-state index contributed by atoms with van der Waals surface area (Å²) >= 11 is 0. The van der Waals surface area contributed by atoms with E-state index < -0.39 is 20.6 Å². The van der Waals surface area contributed by atoms with Crippen LogP contribution < -0.4 is 10.0 Å². The maximum Gasteiger partial charge on any atom is 0.289 e. The Hall–Kier alpha value is -3.31. The number of sulfonamides is 1. The van der Waals surface area contributed by atoms with Crippen molar-refractivity contribution in [1.82, 2.24) is 14.7 Å². The molecule has 3 aromatic rings. The number of anilines is 1. The number of para-hydroxylation sites is 1. The molecule has 10 nitrogen and oxygen atoms in total. The average Bonchev–Trinajstić information content (AvgIpc) is 3.19. The number of hydrogen-bond acceptors (Lipinski definition) is 6. The number of carbonyl (C=O) groups is 1. The molecule has 0 aliphatic heterocycles. The van der Waals surface area contributed by atoms with Gasteiger partial charge in [-0.3, -0.25) is 20.2 Å². The van der Waals surface area contributed by atoms with E-state index in [0.29, 0.717) is 31.6 Å². The highest BCUT2D eigenvalue weighted by Crippen LogP contribution is 2.30. The van der Waals surface area contributed by atoms with Crippen molar-refractivity contribution in [2.45, 2.75) is 44.4 Å². The van der Waals surface area contributed by atoms with E-state index in [1.807, 2.05) is 26.0 Å². The lowest BCUT2D eigenvalue weighted by molar-refractivity contribution is -0.387. The number of nitrogens with zero attached hydrogens (tertiary/aromatic N) is 2. The number of aromatic amines is 1. The molecule has 0 atom stereocenters. The second kappa shape index (κ2) is 9.51. The van der Waals surface area contributed by atoms with Crippen LogP contribution in [0.15, 0.2) is 41.3 Å². The Kier molecular flexibility index (Phi) is 6.67. The number of hydrogen-bond donors (Lipinski definition) is 3. The van der Waals surface area contributed by atoms with Gasteiger partial charge in [-0.1, -0.05) is 12.1 Å². The van der Waals surface area contributed by atoms with E-state index in [-0.39, 0.29) is 29.2 Å².